The highest BCUT2D eigenvalue weighted by atomic mass is 16.5. The largest absolute Gasteiger partial charge is 0.449 e. The van der Waals surface area contributed by atoms with E-state index >= 15 is 0 Å². The van der Waals surface area contributed by atoms with Gasteiger partial charge in [-0.1, -0.05) is 18.2 Å². The van der Waals surface area contributed by atoms with Gasteiger partial charge in [0.1, 0.15) is 0 Å². The molecule has 0 saturated carbocycles. The minimum Gasteiger partial charge on any atom is -0.449 e. The van der Waals surface area contributed by atoms with Gasteiger partial charge >= 0.3 is 5.97 Å². The Balaban J connectivity index is 1.98. The molecule has 0 aliphatic heterocycles. The lowest BCUT2D eigenvalue weighted by Gasteiger charge is -2.14. The van der Waals surface area contributed by atoms with Crippen molar-refractivity contribution in [2.45, 2.75) is 26.9 Å². The molecule has 0 radical (unpaired) electrons. The number of nitrogens with one attached hydrogen (secondary N) is 1. The number of rotatable bonds is 5. The molecule has 1 N–H and O–H groups in total. The highest BCUT2D eigenvalue weighted by Crippen LogP contribution is 2.13. The number of carbonyl (C=O) groups is 3. The summed E-state index contributed by atoms with van der Waals surface area (Å²) in [6.07, 6.45) is -0.940. The maximum atomic E-state index is 12.1. The minimum absolute atomic E-state index is 0.0478. The van der Waals surface area contributed by atoms with E-state index < -0.39 is 18.0 Å². The van der Waals surface area contributed by atoms with Gasteiger partial charge < -0.3 is 10.1 Å². The molecule has 0 bridgehead atoms. The lowest BCUT2D eigenvalue weighted by atomic mass is 10.1. The predicted octanol–water partition coefficient (Wildman–Crippen LogP) is 3.38. The van der Waals surface area contributed by atoms with Crippen LogP contribution in [0.1, 0.15) is 40.1 Å². The second-order valence-electron chi connectivity index (χ2n) is 5.49. The van der Waals surface area contributed by atoms with E-state index in [9.17, 15) is 14.4 Å². The first kappa shape index (κ1) is 17.4. The zero-order valence-electron chi connectivity index (χ0n) is 13.8. The van der Waals surface area contributed by atoms with Gasteiger partial charge in [-0.05, 0) is 56.7 Å². The zero-order chi connectivity index (χ0) is 17.7. The molecule has 2 aromatic carbocycles. The standard InChI is InChI=1S/C19H19NO4/c1-12-6-4-5-7-17(12)19(23)24-14(3)18(22)20-16-10-8-15(9-11-16)13(2)21/h4-11,14H,1-3H3,(H,20,22). The summed E-state index contributed by atoms with van der Waals surface area (Å²) in [5.41, 5.74) is 2.31. The molecule has 2 aromatic rings. The Morgan fingerprint density at radius 3 is 2.21 bits per heavy atom. The van der Waals surface area contributed by atoms with Gasteiger partial charge in [-0.15, -0.1) is 0 Å². The Kier molecular flexibility index (Phi) is 5.47. The lowest BCUT2D eigenvalue weighted by Crippen LogP contribution is -2.30. The van der Waals surface area contributed by atoms with Crippen LogP contribution in [0.2, 0.25) is 0 Å². The maximum Gasteiger partial charge on any atom is 0.339 e. The summed E-state index contributed by atoms with van der Waals surface area (Å²) in [6.45, 7) is 4.79. The summed E-state index contributed by atoms with van der Waals surface area (Å²) in [5, 5.41) is 2.65. The van der Waals surface area contributed by atoms with Crippen molar-refractivity contribution < 1.29 is 19.1 Å². The summed E-state index contributed by atoms with van der Waals surface area (Å²) in [4.78, 5) is 35.5. The molecule has 0 aliphatic carbocycles. The number of esters is 1. The fourth-order valence-electron chi connectivity index (χ4n) is 2.11. The molecule has 124 valence electrons. The molecular formula is C19H19NO4. The van der Waals surface area contributed by atoms with Crippen molar-refractivity contribution in [2.75, 3.05) is 5.32 Å². The van der Waals surface area contributed by atoms with Crippen LogP contribution in [0.5, 0.6) is 0 Å². The average molecular weight is 325 g/mol. The highest BCUT2D eigenvalue weighted by Gasteiger charge is 2.20. The highest BCUT2D eigenvalue weighted by molar-refractivity contribution is 5.98. The molecule has 5 heteroatoms. The molecule has 1 amide bonds. The van der Waals surface area contributed by atoms with Crippen LogP contribution in [0.3, 0.4) is 0 Å². The summed E-state index contributed by atoms with van der Waals surface area (Å²) in [7, 11) is 0. The third-order valence-electron chi connectivity index (χ3n) is 3.58. The number of anilines is 1. The van der Waals surface area contributed by atoms with Crippen LogP contribution >= 0.6 is 0 Å². The number of carbonyl (C=O) groups excluding carboxylic acids is 3. The number of benzene rings is 2. The Bertz CT molecular complexity index is 765. The molecule has 1 atom stereocenters. The Morgan fingerprint density at radius 2 is 1.62 bits per heavy atom. The molecule has 0 spiro atoms. The summed E-state index contributed by atoms with van der Waals surface area (Å²) >= 11 is 0. The number of Topliss-reactive ketones (excluding diaryl/α,β-unsaturated/α-hetero) is 1. The van der Waals surface area contributed by atoms with Crippen LogP contribution in [0.15, 0.2) is 48.5 Å². The molecule has 0 aliphatic rings. The molecule has 0 fully saturated rings. The van der Waals surface area contributed by atoms with E-state index in [1.807, 2.05) is 6.07 Å². The first-order valence-corrected chi connectivity index (χ1v) is 7.57. The lowest BCUT2D eigenvalue weighted by molar-refractivity contribution is -0.123. The number of ether oxygens (including phenoxy) is 1. The second kappa shape index (κ2) is 7.55. The van der Waals surface area contributed by atoms with Crippen molar-refractivity contribution >= 4 is 23.3 Å². The number of ketones is 1. The molecule has 2 rings (SSSR count). The van der Waals surface area contributed by atoms with Crippen molar-refractivity contribution in [3.63, 3.8) is 0 Å². The topological polar surface area (TPSA) is 72.5 Å². The van der Waals surface area contributed by atoms with Crippen molar-refractivity contribution in [3.8, 4) is 0 Å². The molecule has 24 heavy (non-hydrogen) atoms. The second-order valence-corrected chi connectivity index (χ2v) is 5.49. The molecule has 0 heterocycles. The Labute approximate surface area is 140 Å². The minimum atomic E-state index is -0.940. The van der Waals surface area contributed by atoms with E-state index in [0.717, 1.165) is 5.56 Å². The van der Waals surface area contributed by atoms with Gasteiger partial charge in [0.2, 0.25) is 0 Å². The van der Waals surface area contributed by atoms with E-state index in [1.165, 1.54) is 13.8 Å². The summed E-state index contributed by atoms with van der Waals surface area (Å²) < 4.78 is 5.21. The van der Waals surface area contributed by atoms with Crippen LogP contribution < -0.4 is 5.32 Å². The van der Waals surface area contributed by atoms with Crippen LogP contribution in [0, 0.1) is 6.92 Å². The van der Waals surface area contributed by atoms with Crippen molar-refractivity contribution in [1.29, 1.82) is 0 Å². The number of amides is 1. The third-order valence-corrected chi connectivity index (χ3v) is 3.58. The normalized spacial score (nSPS) is 11.5. The predicted molar refractivity (Wildman–Crippen MR) is 91.1 cm³/mol. The molecule has 5 nitrogen and oxygen atoms in total. The molecule has 0 saturated heterocycles. The molecular weight excluding hydrogens is 306 g/mol. The Morgan fingerprint density at radius 1 is 1.00 bits per heavy atom. The van der Waals surface area contributed by atoms with Gasteiger partial charge in [0, 0.05) is 11.3 Å². The zero-order valence-corrected chi connectivity index (χ0v) is 13.8. The monoisotopic (exact) mass is 325 g/mol. The third kappa shape index (κ3) is 4.29. The first-order valence-electron chi connectivity index (χ1n) is 7.57. The fourth-order valence-corrected chi connectivity index (χ4v) is 2.11. The van der Waals surface area contributed by atoms with Crippen LogP contribution in [0.4, 0.5) is 5.69 Å². The number of hydrogen-bond acceptors (Lipinski definition) is 4. The van der Waals surface area contributed by atoms with Crippen molar-refractivity contribution in [2.24, 2.45) is 0 Å². The quantitative estimate of drug-likeness (QED) is 0.675. The average Bonchev–Trinajstić information content (AvgIpc) is 2.55. The van der Waals surface area contributed by atoms with Gasteiger partial charge in [-0.3, -0.25) is 9.59 Å². The Hall–Kier alpha value is -2.95. The maximum absolute atomic E-state index is 12.1. The van der Waals surface area contributed by atoms with Crippen LogP contribution in [-0.4, -0.2) is 23.8 Å². The first-order chi connectivity index (χ1) is 11.4. The van der Waals surface area contributed by atoms with Gasteiger partial charge in [-0.2, -0.15) is 0 Å². The SMILES string of the molecule is CC(=O)c1ccc(NC(=O)C(C)OC(=O)c2ccccc2C)cc1. The number of aryl methyl sites for hydroxylation is 1. The van der Waals surface area contributed by atoms with Gasteiger partial charge in [0.15, 0.2) is 11.9 Å². The van der Waals surface area contributed by atoms with E-state index in [0.29, 0.717) is 16.8 Å². The molecule has 1 unspecified atom stereocenters. The van der Waals surface area contributed by atoms with E-state index in [4.69, 9.17) is 4.74 Å². The van der Waals surface area contributed by atoms with Crippen LogP contribution in [0.25, 0.3) is 0 Å². The van der Waals surface area contributed by atoms with Crippen LogP contribution in [-0.2, 0) is 9.53 Å². The molecule has 0 aromatic heterocycles. The summed E-state index contributed by atoms with van der Waals surface area (Å²) in [6, 6.07) is 13.5. The summed E-state index contributed by atoms with van der Waals surface area (Å²) in [5.74, 6) is -1.02. The van der Waals surface area contributed by atoms with Crippen molar-refractivity contribution in [1.82, 2.24) is 0 Å². The van der Waals surface area contributed by atoms with Crippen molar-refractivity contribution in [3.05, 3.63) is 65.2 Å². The smallest absolute Gasteiger partial charge is 0.339 e. The van der Waals surface area contributed by atoms with Gasteiger partial charge in [0.25, 0.3) is 5.91 Å². The van der Waals surface area contributed by atoms with E-state index in [2.05, 4.69) is 5.32 Å². The van der Waals surface area contributed by atoms with E-state index in [1.54, 1.807) is 49.4 Å². The fraction of sp³-hybridized carbons (Fsp3) is 0.211. The van der Waals surface area contributed by atoms with Gasteiger partial charge in [-0.25, -0.2) is 4.79 Å². The van der Waals surface area contributed by atoms with Gasteiger partial charge in [0.05, 0.1) is 5.56 Å². The van der Waals surface area contributed by atoms with E-state index in [-0.39, 0.29) is 5.78 Å². The number of hydrogen-bond donors (Lipinski definition) is 1.